The van der Waals surface area contributed by atoms with Crippen LogP contribution >= 0.6 is 0 Å². The lowest BCUT2D eigenvalue weighted by Crippen LogP contribution is -2.29. The minimum Gasteiger partial charge on any atom is -0.465 e. The number of rotatable bonds is 2. The predicted molar refractivity (Wildman–Crippen MR) is 92.9 cm³/mol. The van der Waals surface area contributed by atoms with Gasteiger partial charge in [0, 0.05) is 5.39 Å². The number of esters is 1. The van der Waals surface area contributed by atoms with E-state index in [0.717, 1.165) is 5.39 Å². The number of imide groups is 1. The Hall–Kier alpha value is -3.47. The van der Waals surface area contributed by atoms with Gasteiger partial charge < -0.3 is 4.74 Å². The number of hydrogen-bond acceptors (Lipinski definition) is 4. The number of methoxy groups -OCH3 is 1. The lowest BCUT2D eigenvalue weighted by Gasteiger charge is -2.16. The Morgan fingerprint density at radius 2 is 1.56 bits per heavy atom. The fraction of sp³-hybridized carbons (Fsp3) is 0.0500. The van der Waals surface area contributed by atoms with Crippen LogP contribution in [0.1, 0.15) is 31.1 Å². The molecule has 3 aromatic rings. The van der Waals surface area contributed by atoms with E-state index in [2.05, 4.69) is 0 Å². The van der Waals surface area contributed by atoms with Gasteiger partial charge in [0.1, 0.15) is 0 Å². The van der Waals surface area contributed by atoms with Crippen LogP contribution in [0.2, 0.25) is 0 Å². The number of carbonyl (C=O) groups is 3. The van der Waals surface area contributed by atoms with Gasteiger partial charge in [-0.15, -0.1) is 0 Å². The molecule has 1 aliphatic heterocycles. The van der Waals surface area contributed by atoms with Crippen molar-refractivity contribution >= 4 is 34.2 Å². The molecule has 0 bridgehead atoms. The number of benzene rings is 3. The van der Waals surface area contributed by atoms with Crippen LogP contribution in [-0.2, 0) is 4.74 Å². The molecule has 0 saturated heterocycles. The van der Waals surface area contributed by atoms with Gasteiger partial charge in [-0.25, -0.2) is 9.69 Å². The van der Waals surface area contributed by atoms with E-state index in [1.54, 1.807) is 54.6 Å². The summed E-state index contributed by atoms with van der Waals surface area (Å²) < 4.78 is 4.73. The molecule has 0 radical (unpaired) electrons. The Kier molecular flexibility index (Phi) is 3.35. The Morgan fingerprint density at radius 1 is 0.880 bits per heavy atom. The Morgan fingerprint density at radius 3 is 2.20 bits per heavy atom. The van der Waals surface area contributed by atoms with E-state index in [-0.39, 0.29) is 11.8 Å². The molecule has 5 nitrogen and oxygen atoms in total. The monoisotopic (exact) mass is 331 g/mol. The highest BCUT2D eigenvalue weighted by molar-refractivity contribution is 6.36. The first kappa shape index (κ1) is 15.1. The van der Waals surface area contributed by atoms with Crippen molar-refractivity contribution in [2.24, 2.45) is 0 Å². The Labute approximate surface area is 143 Å². The molecule has 0 spiro atoms. The third-order valence-electron chi connectivity index (χ3n) is 4.31. The maximum atomic E-state index is 12.7. The van der Waals surface area contributed by atoms with Crippen molar-refractivity contribution in [3.63, 3.8) is 0 Å². The predicted octanol–water partition coefficient (Wildman–Crippen LogP) is 3.43. The molecule has 122 valence electrons. The number of ether oxygens (including phenoxy) is 1. The first-order chi connectivity index (χ1) is 12.1. The summed E-state index contributed by atoms with van der Waals surface area (Å²) in [5.41, 5.74) is 1.71. The summed E-state index contributed by atoms with van der Waals surface area (Å²) in [6.45, 7) is 0. The molecule has 1 aliphatic rings. The smallest absolute Gasteiger partial charge is 0.337 e. The fourth-order valence-electron chi connectivity index (χ4n) is 3.11. The molecule has 0 aliphatic carbocycles. The molecule has 5 heteroatoms. The number of nitrogens with zero attached hydrogens (tertiary/aromatic N) is 1. The van der Waals surface area contributed by atoms with Crippen molar-refractivity contribution in [3.8, 4) is 0 Å². The van der Waals surface area contributed by atoms with Crippen LogP contribution in [0.15, 0.2) is 60.7 Å². The second-order valence-corrected chi connectivity index (χ2v) is 5.70. The second-order valence-electron chi connectivity index (χ2n) is 5.70. The standard InChI is InChI=1S/C20H13NO4/c1-25-20(24)13-9-10-14-12(11-13)5-4-8-17(14)21-18(22)15-6-2-3-7-16(15)19(21)23/h2-11H,1H3. The van der Waals surface area contributed by atoms with Gasteiger partial charge in [-0.3, -0.25) is 9.59 Å². The molecule has 4 rings (SSSR count). The number of fused-ring (bicyclic) bond motifs is 2. The molecule has 0 unspecified atom stereocenters. The topological polar surface area (TPSA) is 63.7 Å². The van der Waals surface area contributed by atoms with Crippen molar-refractivity contribution in [1.82, 2.24) is 0 Å². The van der Waals surface area contributed by atoms with Crippen LogP contribution in [0.5, 0.6) is 0 Å². The molecular weight excluding hydrogens is 318 g/mol. The number of anilines is 1. The van der Waals surface area contributed by atoms with Gasteiger partial charge in [-0.05, 0) is 35.7 Å². The van der Waals surface area contributed by atoms with Gasteiger partial charge in [0.2, 0.25) is 0 Å². The highest BCUT2D eigenvalue weighted by atomic mass is 16.5. The Balaban J connectivity index is 1.87. The van der Waals surface area contributed by atoms with E-state index in [0.29, 0.717) is 27.8 Å². The summed E-state index contributed by atoms with van der Waals surface area (Å²) >= 11 is 0. The van der Waals surface area contributed by atoms with Crippen molar-refractivity contribution < 1.29 is 19.1 Å². The molecule has 25 heavy (non-hydrogen) atoms. The summed E-state index contributed by atoms with van der Waals surface area (Å²) in [4.78, 5) is 38.3. The van der Waals surface area contributed by atoms with Crippen molar-refractivity contribution in [2.45, 2.75) is 0 Å². The van der Waals surface area contributed by atoms with Crippen LogP contribution < -0.4 is 4.90 Å². The minimum atomic E-state index is -0.437. The highest BCUT2D eigenvalue weighted by Gasteiger charge is 2.36. The van der Waals surface area contributed by atoms with Gasteiger partial charge >= 0.3 is 5.97 Å². The Bertz CT molecular complexity index is 1020. The number of amides is 2. The van der Waals surface area contributed by atoms with E-state index in [4.69, 9.17) is 4.74 Å². The molecule has 0 saturated carbocycles. The van der Waals surface area contributed by atoms with E-state index >= 15 is 0 Å². The third kappa shape index (κ3) is 2.21. The molecule has 0 N–H and O–H groups in total. The lowest BCUT2D eigenvalue weighted by atomic mass is 10.0. The van der Waals surface area contributed by atoms with Crippen LogP contribution in [-0.4, -0.2) is 24.9 Å². The molecule has 0 fully saturated rings. The maximum Gasteiger partial charge on any atom is 0.337 e. The van der Waals surface area contributed by atoms with Gasteiger partial charge in [0.05, 0.1) is 29.5 Å². The van der Waals surface area contributed by atoms with Crippen LogP contribution in [0, 0.1) is 0 Å². The quantitative estimate of drug-likeness (QED) is 0.533. The summed E-state index contributed by atoms with van der Waals surface area (Å²) in [5.74, 6) is -1.12. The van der Waals surface area contributed by atoms with Crippen molar-refractivity contribution in [3.05, 3.63) is 77.4 Å². The van der Waals surface area contributed by atoms with Gasteiger partial charge in [-0.1, -0.05) is 30.3 Å². The van der Waals surface area contributed by atoms with Gasteiger partial charge in [0.15, 0.2) is 0 Å². The molecule has 0 aromatic heterocycles. The summed E-state index contributed by atoms with van der Waals surface area (Å²) in [7, 11) is 1.32. The number of carbonyl (C=O) groups excluding carboxylic acids is 3. The zero-order valence-corrected chi connectivity index (χ0v) is 13.4. The molecule has 1 heterocycles. The number of hydrogen-bond donors (Lipinski definition) is 0. The molecular formula is C20H13NO4. The molecule has 3 aromatic carbocycles. The zero-order chi connectivity index (χ0) is 17.6. The zero-order valence-electron chi connectivity index (χ0n) is 13.4. The van der Waals surface area contributed by atoms with Crippen molar-refractivity contribution in [1.29, 1.82) is 0 Å². The van der Waals surface area contributed by atoms with E-state index in [1.165, 1.54) is 12.0 Å². The first-order valence-corrected chi connectivity index (χ1v) is 7.70. The minimum absolute atomic E-state index is 0.342. The highest BCUT2D eigenvalue weighted by Crippen LogP contribution is 2.33. The normalized spacial score (nSPS) is 13.2. The average molecular weight is 331 g/mol. The SMILES string of the molecule is COC(=O)c1ccc2c(N3C(=O)c4ccccc4C3=O)cccc2c1. The third-order valence-corrected chi connectivity index (χ3v) is 4.31. The molecule has 0 atom stereocenters. The van der Waals surface area contributed by atoms with Crippen LogP contribution in [0.25, 0.3) is 10.8 Å². The van der Waals surface area contributed by atoms with Crippen LogP contribution in [0.4, 0.5) is 5.69 Å². The summed E-state index contributed by atoms with van der Waals surface area (Å²) in [6, 6.07) is 17.1. The van der Waals surface area contributed by atoms with Crippen LogP contribution in [0.3, 0.4) is 0 Å². The molecule has 2 amide bonds. The van der Waals surface area contributed by atoms with Gasteiger partial charge in [-0.2, -0.15) is 0 Å². The average Bonchev–Trinajstić information content (AvgIpc) is 2.91. The second kappa shape index (κ2) is 5.56. The van der Waals surface area contributed by atoms with E-state index in [1.807, 2.05) is 6.07 Å². The lowest BCUT2D eigenvalue weighted by molar-refractivity contribution is 0.0600. The summed E-state index contributed by atoms with van der Waals surface area (Å²) in [6.07, 6.45) is 0. The maximum absolute atomic E-state index is 12.7. The largest absolute Gasteiger partial charge is 0.465 e. The van der Waals surface area contributed by atoms with Crippen molar-refractivity contribution in [2.75, 3.05) is 12.0 Å². The summed E-state index contributed by atoms with van der Waals surface area (Å²) in [5, 5.41) is 1.46. The first-order valence-electron chi connectivity index (χ1n) is 7.70. The van der Waals surface area contributed by atoms with E-state index in [9.17, 15) is 14.4 Å². The fourth-order valence-corrected chi connectivity index (χ4v) is 3.11. The van der Waals surface area contributed by atoms with Gasteiger partial charge in [0.25, 0.3) is 11.8 Å². The van der Waals surface area contributed by atoms with E-state index < -0.39 is 5.97 Å².